The summed E-state index contributed by atoms with van der Waals surface area (Å²) in [6.07, 6.45) is 1.27. The number of methoxy groups -OCH3 is 1. The number of hydrogen-bond acceptors (Lipinski definition) is 5. The van der Waals surface area contributed by atoms with Gasteiger partial charge in [0.1, 0.15) is 0 Å². The molecule has 5 nitrogen and oxygen atoms in total. The molecule has 0 spiro atoms. The van der Waals surface area contributed by atoms with Crippen molar-refractivity contribution in [2.45, 2.75) is 12.5 Å². The predicted molar refractivity (Wildman–Crippen MR) is 74.9 cm³/mol. The van der Waals surface area contributed by atoms with E-state index >= 15 is 0 Å². The number of benzene rings is 1. The molecule has 0 bridgehead atoms. The number of carbonyl (C=O) groups excluding carboxylic acids is 1. The Balaban J connectivity index is 0.00000180. The molecule has 1 unspecified atom stereocenters. The number of nitrogens with one attached hydrogen (secondary N) is 1. The van der Waals surface area contributed by atoms with Crippen molar-refractivity contribution < 1.29 is 15.7 Å². The Morgan fingerprint density at radius 2 is 2.44 bits per heavy atom. The number of anilines is 2. The average Bonchev–Trinajstić information content (AvgIpc) is 2.31. The molecule has 100 valence electrons. The number of esters is 1. The van der Waals surface area contributed by atoms with E-state index in [-0.39, 0.29) is 7.53 Å². The molecule has 1 saturated heterocycles. The maximum Gasteiger partial charge on any atom is 0.337 e. The summed E-state index contributed by atoms with van der Waals surface area (Å²) in [4.78, 5) is 11.5. The van der Waals surface area contributed by atoms with Crippen molar-refractivity contribution in [3.05, 3.63) is 22.2 Å². The van der Waals surface area contributed by atoms with E-state index in [2.05, 4.69) is 21.2 Å². The highest BCUT2D eigenvalue weighted by molar-refractivity contribution is 9.10. The maximum atomic E-state index is 11.5. The second-order valence-electron chi connectivity index (χ2n) is 4.07. The van der Waals surface area contributed by atoms with Crippen molar-refractivity contribution in [3.8, 4) is 0 Å². The van der Waals surface area contributed by atoms with Crippen LogP contribution in [0.15, 0.2) is 16.6 Å². The van der Waals surface area contributed by atoms with Crippen molar-refractivity contribution in [1.82, 2.24) is 0 Å². The van der Waals surface area contributed by atoms with E-state index in [1.807, 2.05) is 0 Å². The lowest BCUT2D eigenvalue weighted by Crippen LogP contribution is -2.33. The van der Waals surface area contributed by atoms with Gasteiger partial charge in [0.25, 0.3) is 0 Å². The Hall–Kier alpha value is -1.27. The third-order valence-corrected chi connectivity index (χ3v) is 3.52. The van der Waals surface area contributed by atoms with Gasteiger partial charge in [0.15, 0.2) is 0 Å². The number of nitrogen functional groups attached to an aromatic ring is 1. The molecule has 1 heterocycles. The number of halogens is 1. The summed E-state index contributed by atoms with van der Waals surface area (Å²) in [7, 11) is 1.35. The molecule has 6 heteroatoms. The minimum absolute atomic E-state index is 0. The van der Waals surface area contributed by atoms with Crippen LogP contribution in [0.1, 0.15) is 18.2 Å². The van der Waals surface area contributed by atoms with Gasteiger partial charge in [-0.1, -0.05) is 0 Å². The summed E-state index contributed by atoms with van der Waals surface area (Å²) >= 11 is 3.33. The molecule has 1 aromatic carbocycles. The molecule has 0 saturated carbocycles. The average molecular weight is 317 g/mol. The summed E-state index contributed by atoms with van der Waals surface area (Å²) in [5.41, 5.74) is 7.67. The van der Waals surface area contributed by atoms with Crippen LogP contribution in [0.25, 0.3) is 0 Å². The third kappa shape index (κ3) is 2.76. The summed E-state index contributed by atoms with van der Waals surface area (Å²) in [5.74, 6) is -0.390. The smallest absolute Gasteiger partial charge is 0.337 e. The molecule has 0 aromatic heterocycles. The first-order chi connectivity index (χ1) is 8.61. The molecule has 1 aliphatic rings. The Morgan fingerprint density at radius 1 is 1.72 bits per heavy atom. The molecule has 0 aliphatic carbocycles. The number of hydrogen-bond donors (Lipinski definition) is 2. The van der Waals surface area contributed by atoms with Gasteiger partial charge in [0.05, 0.1) is 30.2 Å². The van der Waals surface area contributed by atoms with Crippen LogP contribution in [0, 0.1) is 0 Å². The van der Waals surface area contributed by atoms with Crippen LogP contribution in [-0.4, -0.2) is 32.3 Å². The van der Waals surface area contributed by atoms with Crippen LogP contribution in [0.2, 0.25) is 0 Å². The molecule has 3 N–H and O–H groups in total. The first kappa shape index (κ1) is 13.2. The van der Waals surface area contributed by atoms with Gasteiger partial charge in [-0.15, -0.1) is 0 Å². The number of ether oxygens (including phenoxy) is 2. The van der Waals surface area contributed by atoms with Crippen LogP contribution in [0.5, 0.6) is 0 Å². The van der Waals surface area contributed by atoms with Crippen LogP contribution in [0.3, 0.4) is 0 Å². The number of nitrogens with two attached hydrogens (primary N) is 1. The van der Waals surface area contributed by atoms with Crippen molar-refractivity contribution in [2.75, 3.05) is 31.3 Å². The van der Waals surface area contributed by atoms with Crippen molar-refractivity contribution in [2.24, 2.45) is 0 Å². The van der Waals surface area contributed by atoms with Gasteiger partial charge < -0.3 is 20.5 Å². The Labute approximate surface area is 115 Å². The number of carbonyl (C=O) groups is 1. The van der Waals surface area contributed by atoms with E-state index in [0.29, 0.717) is 28.0 Å². The molecule has 1 fully saturated rings. The molecule has 1 aliphatic heterocycles. The highest BCUT2D eigenvalue weighted by Crippen LogP contribution is 2.30. The molecular formula is C12H17BrN2O3. The van der Waals surface area contributed by atoms with Gasteiger partial charge >= 0.3 is 5.97 Å². The standard InChI is InChI=1S/C12H15BrN2O3.H2/c1-17-12(16)7-4-9(13)11(14)10(5-7)15-6-8-2-3-18-8;/h4-5,8,15H,2-3,6,14H2,1H3;1H. The Bertz CT molecular complexity index is 467. The summed E-state index contributed by atoms with van der Waals surface area (Å²) in [6.45, 7) is 1.50. The lowest BCUT2D eigenvalue weighted by atomic mass is 10.1. The van der Waals surface area contributed by atoms with Crippen LogP contribution >= 0.6 is 15.9 Å². The quantitative estimate of drug-likeness (QED) is 0.658. The molecule has 0 amide bonds. The minimum atomic E-state index is -0.390. The van der Waals surface area contributed by atoms with Gasteiger partial charge in [-0.05, 0) is 34.5 Å². The fourth-order valence-corrected chi connectivity index (χ4v) is 2.13. The number of rotatable bonds is 4. The predicted octanol–water partition coefficient (Wildman–Crippen LogP) is 2.26. The van der Waals surface area contributed by atoms with E-state index in [4.69, 9.17) is 15.2 Å². The van der Waals surface area contributed by atoms with Gasteiger partial charge in [0, 0.05) is 19.1 Å². The van der Waals surface area contributed by atoms with E-state index in [0.717, 1.165) is 13.0 Å². The highest BCUT2D eigenvalue weighted by atomic mass is 79.9. The van der Waals surface area contributed by atoms with Gasteiger partial charge in [-0.2, -0.15) is 0 Å². The minimum Gasteiger partial charge on any atom is -0.465 e. The zero-order valence-electron chi connectivity index (χ0n) is 10.0. The van der Waals surface area contributed by atoms with Crippen molar-refractivity contribution >= 4 is 33.3 Å². The summed E-state index contributed by atoms with van der Waals surface area (Å²) in [6, 6.07) is 3.33. The molecule has 18 heavy (non-hydrogen) atoms. The third-order valence-electron chi connectivity index (χ3n) is 2.86. The van der Waals surface area contributed by atoms with Gasteiger partial charge in [-0.25, -0.2) is 4.79 Å². The Kier molecular flexibility index (Phi) is 4.08. The lowest BCUT2D eigenvalue weighted by molar-refractivity contribution is -0.0410. The molecule has 1 atom stereocenters. The molecular weight excluding hydrogens is 300 g/mol. The first-order valence-electron chi connectivity index (χ1n) is 5.64. The zero-order valence-corrected chi connectivity index (χ0v) is 11.6. The van der Waals surface area contributed by atoms with Crippen molar-refractivity contribution in [3.63, 3.8) is 0 Å². The highest BCUT2D eigenvalue weighted by Gasteiger charge is 2.19. The van der Waals surface area contributed by atoms with E-state index in [9.17, 15) is 4.79 Å². The lowest BCUT2D eigenvalue weighted by Gasteiger charge is -2.27. The summed E-state index contributed by atoms with van der Waals surface area (Å²) in [5, 5.41) is 3.19. The van der Waals surface area contributed by atoms with Gasteiger partial charge in [-0.3, -0.25) is 0 Å². The monoisotopic (exact) mass is 316 g/mol. The van der Waals surface area contributed by atoms with Crippen LogP contribution in [0.4, 0.5) is 11.4 Å². The maximum absolute atomic E-state index is 11.5. The van der Waals surface area contributed by atoms with Crippen LogP contribution in [-0.2, 0) is 9.47 Å². The van der Waals surface area contributed by atoms with E-state index in [1.54, 1.807) is 12.1 Å². The molecule has 0 radical (unpaired) electrons. The fraction of sp³-hybridized carbons (Fsp3) is 0.417. The van der Waals surface area contributed by atoms with E-state index in [1.165, 1.54) is 7.11 Å². The second-order valence-corrected chi connectivity index (χ2v) is 4.93. The SMILES string of the molecule is COC(=O)c1cc(Br)c(N)c(NCC2CCO2)c1.[HH]. The summed E-state index contributed by atoms with van der Waals surface area (Å²) < 4.78 is 10.7. The zero-order chi connectivity index (χ0) is 13.1. The van der Waals surface area contributed by atoms with Gasteiger partial charge in [0.2, 0.25) is 0 Å². The molecule has 2 rings (SSSR count). The second kappa shape index (κ2) is 5.58. The van der Waals surface area contributed by atoms with Crippen molar-refractivity contribution in [1.29, 1.82) is 0 Å². The first-order valence-corrected chi connectivity index (χ1v) is 6.44. The fourth-order valence-electron chi connectivity index (χ4n) is 1.67. The normalized spacial score (nSPS) is 18.0. The largest absolute Gasteiger partial charge is 0.465 e. The topological polar surface area (TPSA) is 73.6 Å². The van der Waals surface area contributed by atoms with Crippen LogP contribution < -0.4 is 11.1 Å². The molecule has 1 aromatic rings. The Morgan fingerprint density at radius 3 is 3.00 bits per heavy atom. The van der Waals surface area contributed by atoms with E-state index < -0.39 is 5.97 Å².